The zero-order chi connectivity index (χ0) is 2.00. The monoisotopic (exact) mass is 270 g/mol. The molecule has 0 aliphatic carbocycles. The molecule has 4 heteroatoms. The van der Waals surface area contributed by atoms with Crippen molar-refractivity contribution >= 4 is 27.3 Å². The van der Waals surface area contributed by atoms with E-state index in [1.807, 2.05) is 0 Å². The molecular formula is H2MoNiSSe. The third kappa shape index (κ3) is 8.96. The van der Waals surface area contributed by atoms with Gasteiger partial charge in [0.05, 0.1) is 0 Å². The van der Waals surface area contributed by atoms with Gasteiger partial charge in [0, 0.05) is 21.1 Å². The Morgan fingerprint density at radius 1 is 1.25 bits per heavy atom. The van der Waals surface area contributed by atoms with Crippen LogP contribution in [0.15, 0.2) is 0 Å². The molecule has 0 aromatic heterocycles. The molecule has 0 saturated carbocycles. The second-order valence-corrected chi connectivity index (χ2v) is 0. The Bertz CT molecular complexity index is 8.00. The van der Waals surface area contributed by atoms with E-state index < -0.39 is 0 Å². The molecule has 0 aromatic rings. The van der Waals surface area contributed by atoms with Crippen LogP contribution in [0.1, 0.15) is 0 Å². The summed E-state index contributed by atoms with van der Waals surface area (Å²) in [5.41, 5.74) is 0. The van der Waals surface area contributed by atoms with Gasteiger partial charge in [0.25, 0.3) is 0 Å². The van der Waals surface area contributed by atoms with Crippen molar-refractivity contribution in [3.8, 4) is 0 Å². The van der Waals surface area contributed by atoms with Crippen molar-refractivity contribution < 1.29 is 34.2 Å². The van der Waals surface area contributed by atoms with Crippen LogP contribution in [0.25, 0.3) is 0 Å². The molecule has 0 bridgehead atoms. The Kier molecular flexibility index (Phi) is 81.7. The van der Waals surface area contributed by atoms with Crippen LogP contribution in [0.5, 0.6) is 0 Å². The van der Waals surface area contributed by atoms with Gasteiger partial charge in [-0.15, -0.1) is 0 Å². The van der Waals surface area contributed by atoms with Gasteiger partial charge < -0.3 is 0 Å². The van der Waals surface area contributed by atoms with Gasteiger partial charge >= 0.3 is 26.9 Å². The van der Waals surface area contributed by atoms with Crippen molar-refractivity contribution in [3.05, 3.63) is 0 Å². The average molecular weight is 268 g/mol. The number of hydrogen-bond donors (Lipinski definition) is 0. The topological polar surface area (TPSA) is 0 Å². The van der Waals surface area contributed by atoms with E-state index in [4.69, 9.17) is 0 Å². The third-order valence-corrected chi connectivity index (χ3v) is 0. The van der Waals surface area contributed by atoms with Gasteiger partial charge in [-0.2, -0.15) is 13.5 Å². The van der Waals surface area contributed by atoms with Crippen molar-refractivity contribution in [2.75, 3.05) is 0 Å². The second-order valence-electron chi connectivity index (χ2n) is 0. The first-order chi connectivity index (χ1) is 1.00. The summed E-state index contributed by atoms with van der Waals surface area (Å²) in [5.74, 6) is 0. The second kappa shape index (κ2) is 19.7. The molecule has 0 spiro atoms. The van der Waals surface area contributed by atoms with Gasteiger partial charge in [0.2, 0.25) is 0 Å². The van der Waals surface area contributed by atoms with Crippen molar-refractivity contribution in [1.29, 1.82) is 0 Å². The van der Waals surface area contributed by atoms with Gasteiger partial charge in [-0.3, -0.25) is 0 Å². The Labute approximate surface area is 61.0 Å². The van der Waals surface area contributed by atoms with Crippen molar-refractivity contribution in [2.24, 2.45) is 0 Å². The zero-order valence-electron chi connectivity index (χ0n) is 1.63. The molecule has 0 radical (unpaired) electrons. The van der Waals surface area contributed by atoms with Crippen molar-refractivity contribution in [3.63, 3.8) is 0 Å². The molecule has 0 saturated heterocycles. The van der Waals surface area contributed by atoms with Gasteiger partial charge in [-0.25, -0.2) is 0 Å². The third-order valence-electron chi connectivity index (χ3n) is 0. The first kappa shape index (κ1) is 16.6. The SMILES string of the molecule is S.[Mo].[Ni]=[Se]. The Morgan fingerprint density at radius 3 is 1.25 bits per heavy atom. The Hall–Kier alpha value is 2.05. The van der Waals surface area contributed by atoms with Crippen LogP contribution in [0, 0.1) is 0 Å². The molecule has 0 amide bonds. The Balaban J connectivity index is -0.00000000500. The molecule has 0 aliphatic rings. The summed E-state index contributed by atoms with van der Waals surface area (Å²) in [6.07, 6.45) is 0. The first-order valence-electron chi connectivity index (χ1n) is 0.129. The van der Waals surface area contributed by atoms with E-state index in [9.17, 15) is 0 Å². The molecule has 0 unspecified atom stereocenters. The quantitative estimate of drug-likeness (QED) is 0.530. The minimum atomic E-state index is 0. The van der Waals surface area contributed by atoms with Crippen molar-refractivity contribution in [1.82, 2.24) is 0 Å². The van der Waals surface area contributed by atoms with E-state index >= 15 is 0 Å². The molecule has 0 fully saturated rings. The summed E-state index contributed by atoms with van der Waals surface area (Å²) >= 11 is 6.00. The van der Waals surface area contributed by atoms with Gasteiger partial charge in [0.15, 0.2) is 0 Å². The predicted octanol–water partition coefficient (Wildman–Crippen LogP) is -0.273. The fraction of sp³-hybridized carbons (Fsp3) is 0. The fourth-order valence-electron chi connectivity index (χ4n) is 0. The molecule has 0 heterocycles. The Morgan fingerprint density at radius 2 is 1.25 bits per heavy atom. The zero-order valence-corrected chi connectivity index (χ0v) is 7.34. The standard InChI is InChI=1S/Mo.Ni.H2S.Se/h;;1H2;. The summed E-state index contributed by atoms with van der Waals surface area (Å²) in [7, 11) is 0. The number of rotatable bonds is 0. The van der Waals surface area contributed by atoms with Crippen LogP contribution in [0.4, 0.5) is 0 Å². The predicted molar refractivity (Wildman–Crippen MR) is 16.1 cm³/mol. The fourth-order valence-corrected chi connectivity index (χ4v) is 0. The van der Waals surface area contributed by atoms with E-state index in [2.05, 4.69) is 26.9 Å². The summed E-state index contributed by atoms with van der Waals surface area (Å²) in [5, 5.41) is 0. The van der Waals surface area contributed by atoms with Gasteiger partial charge in [0.1, 0.15) is 0 Å². The molecule has 0 atom stereocenters. The number of hydrogen-bond acceptors (Lipinski definition) is 0. The van der Waals surface area contributed by atoms with E-state index in [1.165, 1.54) is 0 Å². The molecule has 0 N–H and O–H groups in total. The summed E-state index contributed by atoms with van der Waals surface area (Å²) in [4.78, 5) is 0. The molecule has 0 aromatic carbocycles. The van der Waals surface area contributed by atoms with E-state index in [1.54, 1.807) is 0 Å². The summed E-state index contributed by atoms with van der Waals surface area (Å²) in [6, 6.07) is 0. The van der Waals surface area contributed by atoms with Crippen LogP contribution in [0.3, 0.4) is 0 Å². The maximum absolute atomic E-state index is 3.75. The van der Waals surface area contributed by atoms with E-state index in [0.29, 0.717) is 0 Å². The average Bonchev–Trinajstić information content (AvgIpc) is 1.00. The van der Waals surface area contributed by atoms with Crippen LogP contribution in [-0.2, 0) is 34.2 Å². The molecule has 0 aliphatic heterocycles. The molecular weight excluding hydrogens is 266 g/mol. The van der Waals surface area contributed by atoms with Crippen molar-refractivity contribution in [2.45, 2.75) is 0 Å². The summed E-state index contributed by atoms with van der Waals surface area (Å²) in [6.45, 7) is 0. The van der Waals surface area contributed by atoms with Crippen LogP contribution >= 0.6 is 13.5 Å². The van der Waals surface area contributed by atoms with Gasteiger partial charge in [-0.1, -0.05) is 0 Å². The van der Waals surface area contributed by atoms with Crippen LogP contribution < -0.4 is 0 Å². The molecule has 0 rings (SSSR count). The van der Waals surface area contributed by atoms with Gasteiger partial charge in [-0.05, 0) is 0 Å². The van der Waals surface area contributed by atoms with Crippen LogP contribution in [-0.4, -0.2) is 13.8 Å². The molecule has 0 nitrogen and oxygen atoms in total. The first-order valence-corrected chi connectivity index (χ1v) is 2.77. The van der Waals surface area contributed by atoms with Crippen LogP contribution in [0.2, 0.25) is 0 Å². The maximum atomic E-state index is 3.75. The molecule has 30 valence electrons. The normalized spacial score (nSPS) is 1.50. The van der Waals surface area contributed by atoms with E-state index in [-0.39, 0.29) is 34.6 Å². The summed E-state index contributed by atoms with van der Waals surface area (Å²) < 4.78 is 0. The minimum absolute atomic E-state index is 0. The molecule has 4 heavy (non-hydrogen) atoms. The van der Waals surface area contributed by atoms with E-state index in [0.717, 1.165) is 0 Å².